The molecule has 1 aromatic heterocycles. The summed E-state index contributed by atoms with van der Waals surface area (Å²) in [6, 6.07) is 5.62. The van der Waals surface area contributed by atoms with Gasteiger partial charge in [-0.1, -0.05) is 13.8 Å². The van der Waals surface area contributed by atoms with Crippen molar-refractivity contribution >= 4 is 23.7 Å². The van der Waals surface area contributed by atoms with Gasteiger partial charge in [0, 0.05) is 17.0 Å². The van der Waals surface area contributed by atoms with E-state index in [4.69, 9.17) is 35.9 Å². The van der Waals surface area contributed by atoms with Crippen LogP contribution in [-0.4, -0.2) is 50.1 Å². The smallest absolute Gasteiger partial charge is 0.414 e. The van der Waals surface area contributed by atoms with Gasteiger partial charge in [0.05, 0.1) is 12.2 Å². The van der Waals surface area contributed by atoms with Crippen LogP contribution in [0, 0.1) is 24.2 Å². The number of aliphatic hydroxyl groups is 1. The van der Waals surface area contributed by atoms with Gasteiger partial charge >= 0.3 is 11.9 Å². The zero-order valence-electron chi connectivity index (χ0n) is 15.0. The maximum Gasteiger partial charge on any atom is 0.414 e. The molecule has 0 bridgehead atoms. The van der Waals surface area contributed by atoms with Crippen molar-refractivity contribution < 1.29 is 24.9 Å². The quantitative estimate of drug-likeness (QED) is 0.405. The van der Waals surface area contributed by atoms with E-state index in [0.29, 0.717) is 11.5 Å². The first-order valence-electron chi connectivity index (χ1n) is 7.97. The molecule has 5 N–H and O–H groups in total. The normalized spacial score (nSPS) is 12.5. The Kier molecular flexibility index (Phi) is 11.2. The van der Waals surface area contributed by atoms with E-state index in [1.54, 1.807) is 11.8 Å². The van der Waals surface area contributed by atoms with Crippen LogP contribution in [0.4, 0.5) is 0 Å². The summed E-state index contributed by atoms with van der Waals surface area (Å²) in [5.41, 5.74) is 7.36. The van der Waals surface area contributed by atoms with E-state index in [0.717, 1.165) is 23.6 Å². The van der Waals surface area contributed by atoms with E-state index in [1.807, 2.05) is 19.1 Å². The molecule has 0 spiro atoms. The Morgan fingerprint density at radius 3 is 2.27 bits per heavy atom. The first-order valence-corrected chi connectivity index (χ1v) is 8.85. The lowest BCUT2D eigenvalue weighted by atomic mass is 10.0. The number of aliphatic hydroxyl groups excluding tert-OH is 1. The lowest BCUT2D eigenvalue weighted by Gasteiger charge is -2.21. The second-order valence-corrected chi connectivity index (χ2v) is 7.36. The highest BCUT2D eigenvalue weighted by molar-refractivity contribution is 7.99. The predicted molar refractivity (Wildman–Crippen MR) is 97.7 cm³/mol. The van der Waals surface area contributed by atoms with Gasteiger partial charge in [-0.05, 0) is 37.8 Å². The van der Waals surface area contributed by atoms with E-state index in [9.17, 15) is 0 Å². The Morgan fingerprint density at radius 2 is 1.85 bits per heavy atom. The number of rotatable bonds is 7. The topological polar surface area (TPSA) is 158 Å². The van der Waals surface area contributed by atoms with Crippen molar-refractivity contribution in [3.8, 4) is 6.07 Å². The number of nitrogens with two attached hydrogens (primary N) is 1. The number of carboxylic acids is 2. The highest BCUT2D eigenvalue weighted by atomic mass is 32.2. The lowest BCUT2D eigenvalue weighted by molar-refractivity contribution is -0.159. The summed E-state index contributed by atoms with van der Waals surface area (Å²) in [5.74, 6) is -3.11. The number of aromatic nitrogens is 1. The molecule has 1 aromatic rings. The lowest BCUT2D eigenvalue weighted by Crippen LogP contribution is -2.29. The maximum absolute atomic E-state index is 9.16. The molecule has 2 atom stereocenters. The van der Waals surface area contributed by atoms with Crippen molar-refractivity contribution in [1.82, 2.24) is 4.98 Å². The summed E-state index contributed by atoms with van der Waals surface area (Å²) >= 11 is 1.60. The molecule has 9 heteroatoms. The van der Waals surface area contributed by atoms with Crippen molar-refractivity contribution in [3.05, 3.63) is 23.4 Å². The monoisotopic (exact) mass is 383 g/mol. The van der Waals surface area contributed by atoms with Crippen LogP contribution >= 0.6 is 11.8 Å². The van der Waals surface area contributed by atoms with E-state index in [1.165, 1.54) is 0 Å². The van der Waals surface area contributed by atoms with Crippen LogP contribution in [0.15, 0.2) is 17.2 Å². The van der Waals surface area contributed by atoms with Gasteiger partial charge in [-0.15, -0.1) is 11.8 Å². The zero-order valence-corrected chi connectivity index (χ0v) is 15.9. The minimum atomic E-state index is -1.82. The Balaban J connectivity index is 0.000000896. The summed E-state index contributed by atoms with van der Waals surface area (Å²) in [7, 11) is 0. The molecule has 0 aliphatic carbocycles. The fourth-order valence-electron chi connectivity index (χ4n) is 2.00. The SMILES string of the molecule is Cc1ccc(C#N)c(S[C@@H](CC(C)C)C[C@H](N)CO)n1.O=C(O)C(=O)O. The van der Waals surface area contributed by atoms with Gasteiger partial charge in [0.1, 0.15) is 11.1 Å². The Morgan fingerprint density at radius 1 is 1.27 bits per heavy atom. The fraction of sp³-hybridized carbons (Fsp3) is 0.529. The molecule has 0 saturated heterocycles. The summed E-state index contributed by atoms with van der Waals surface area (Å²) in [5, 5.41) is 34.1. The largest absolute Gasteiger partial charge is 0.473 e. The van der Waals surface area contributed by atoms with Crippen LogP contribution in [0.1, 0.15) is 37.9 Å². The molecule has 26 heavy (non-hydrogen) atoms. The minimum absolute atomic E-state index is 0.0124. The van der Waals surface area contributed by atoms with Crippen molar-refractivity contribution in [2.45, 2.75) is 49.9 Å². The maximum atomic E-state index is 9.16. The average Bonchev–Trinajstić information content (AvgIpc) is 2.54. The van der Waals surface area contributed by atoms with Gasteiger partial charge in [-0.2, -0.15) is 5.26 Å². The number of pyridine rings is 1. The second kappa shape index (κ2) is 12.2. The number of thioether (sulfide) groups is 1. The highest BCUT2D eigenvalue weighted by Crippen LogP contribution is 2.31. The molecule has 144 valence electrons. The number of carboxylic acid groups (broad SMARTS) is 2. The molecular formula is C17H25N3O5S. The fourth-order valence-corrected chi connectivity index (χ4v) is 3.57. The van der Waals surface area contributed by atoms with E-state index < -0.39 is 11.9 Å². The van der Waals surface area contributed by atoms with E-state index in [2.05, 4.69) is 24.9 Å². The Labute approximate surface area is 157 Å². The molecule has 0 fully saturated rings. The molecule has 1 heterocycles. The van der Waals surface area contributed by atoms with E-state index >= 15 is 0 Å². The van der Waals surface area contributed by atoms with Crippen molar-refractivity contribution in [2.24, 2.45) is 11.7 Å². The van der Waals surface area contributed by atoms with E-state index in [-0.39, 0.29) is 17.9 Å². The molecule has 0 aliphatic heterocycles. The number of nitriles is 1. The van der Waals surface area contributed by atoms with Crippen LogP contribution in [-0.2, 0) is 9.59 Å². The first-order chi connectivity index (χ1) is 12.1. The Bertz CT molecular complexity index is 634. The zero-order chi connectivity index (χ0) is 20.3. The van der Waals surface area contributed by atoms with Crippen LogP contribution < -0.4 is 5.73 Å². The average molecular weight is 383 g/mol. The third-order valence-corrected chi connectivity index (χ3v) is 4.37. The number of hydrogen-bond donors (Lipinski definition) is 4. The molecule has 1 rings (SSSR count). The number of aliphatic carboxylic acids is 2. The van der Waals surface area contributed by atoms with Crippen LogP contribution in [0.2, 0.25) is 0 Å². The van der Waals surface area contributed by atoms with Gasteiger partial charge in [0.15, 0.2) is 0 Å². The summed E-state index contributed by atoms with van der Waals surface area (Å²) < 4.78 is 0. The third-order valence-electron chi connectivity index (χ3n) is 3.12. The number of hydrogen-bond acceptors (Lipinski definition) is 7. The van der Waals surface area contributed by atoms with Gasteiger partial charge in [0.25, 0.3) is 0 Å². The molecule has 0 saturated carbocycles. The standard InChI is InChI=1S/C15H23N3OS.C2H2O4/c1-10(2)6-14(7-13(17)9-19)20-15-12(8-16)5-4-11(3)18-15;3-1(4)2(5)6/h4-5,10,13-14,19H,6-7,9,17H2,1-3H3;(H,3,4)(H,5,6)/t13-,14-;/m0./s1. The molecule has 0 aliphatic rings. The first kappa shape index (κ1) is 23.9. The molecule has 0 amide bonds. The highest BCUT2D eigenvalue weighted by Gasteiger charge is 2.18. The van der Waals surface area contributed by atoms with Gasteiger partial charge < -0.3 is 21.1 Å². The summed E-state index contributed by atoms with van der Waals surface area (Å²) in [6.07, 6.45) is 1.71. The second-order valence-electron chi connectivity index (χ2n) is 6.08. The molecule has 0 aromatic carbocycles. The van der Waals surface area contributed by atoms with Gasteiger partial charge in [0.2, 0.25) is 0 Å². The Hall–Kier alpha value is -2.15. The molecule has 0 radical (unpaired) electrons. The van der Waals surface area contributed by atoms with Crippen LogP contribution in [0.3, 0.4) is 0 Å². The predicted octanol–water partition coefficient (Wildman–Crippen LogP) is 1.63. The van der Waals surface area contributed by atoms with Crippen molar-refractivity contribution in [1.29, 1.82) is 5.26 Å². The summed E-state index contributed by atoms with van der Waals surface area (Å²) in [4.78, 5) is 22.7. The van der Waals surface area contributed by atoms with Crippen molar-refractivity contribution in [2.75, 3.05) is 6.61 Å². The van der Waals surface area contributed by atoms with Crippen LogP contribution in [0.5, 0.6) is 0 Å². The van der Waals surface area contributed by atoms with Gasteiger partial charge in [-0.3, -0.25) is 0 Å². The number of nitrogens with zero attached hydrogens (tertiary/aromatic N) is 2. The molecule has 8 nitrogen and oxygen atoms in total. The number of aryl methyl sites for hydroxylation is 1. The number of carbonyl (C=O) groups is 2. The molecule has 0 unspecified atom stereocenters. The van der Waals surface area contributed by atoms with Crippen LogP contribution in [0.25, 0.3) is 0 Å². The molecular weight excluding hydrogens is 358 g/mol. The minimum Gasteiger partial charge on any atom is -0.473 e. The third kappa shape index (κ3) is 9.98. The van der Waals surface area contributed by atoms with Crippen molar-refractivity contribution in [3.63, 3.8) is 0 Å². The summed E-state index contributed by atoms with van der Waals surface area (Å²) in [6.45, 7) is 6.23. The van der Waals surface area contributed by atoms with Gasteiger partial charge in [-0.25, -0.2) is 14.6 Å².